The van der Waals surface area contributed by atoms with Crippen LogP contribution in [0.25, 0.3) is 0 Å². The molecule has 1 aromatic carbocycles. The van der Waals surface area contributed by atoms with Gasteiger partial charge in [0.25, 0.3) is 0 Å². The molecule has 7 nitrogen and oxygen atoms in total. The summed E-state index contributed by atoms with van der Waals surface area (Å²) in [5, 5.41) is 2.92. The Morgan fingerprint density at radius 2 is 1.82 bits per heavy atom. The number of piperidine rings is 1. The van der Waals surface area contributed by atoms with Crippen LogP contribution in [0.3, 0.4) is 0 Å². The number of likely N-dealkylation sites (tertiary alicyclic amines) is 1. The third kappa shape index (κ3) is 4.24. The summed E-state index contributed by atoms with van der Waals surface area (Å²) in [5.41, 5.74) is 1.81. The smallest absolute Gasteiger partial charge is 0.231 e. The SMILES string of the molecule is O=C(Nc1ccncc1)C1CCN(C(=O)CCc2ccc3c(c2)OCO3)CC1. The fraction of sp³-hybridized carbons (Fsp3) is 0.381. The van der Waals surface area contributed by atoms with Gasteiger partial charge in [0.2, 0.25) is 18.6 Å². The molecular formula is C21H23N3O4. The zero-order chi connectivity index (χ0) is 19.3. The van der Waals surface area contributed by atoms with E-state index in [-0.39, 0.29) is 24.5 Å². The van der Waals surface area contributed by atoms with Crippen molar-refractivity contribution >= 4 is 17.5 Å². The molecule has 3 heterocycles. The maximum Gasteiger partial charge on any atom is 0.231 e. The minimum atomic E-state index is -0.0638. The molecule has 0 unspecified atom stereocenters. The van der Waals surface area contributed by atoms with E-state index in [1.807, 2.05) is 23.1 Å². The van der Waals surface area contributed by atoms with Gasteiger partial charge in [-0.25, -0.2) is 0 Å². The van der Waals surface area contributed by atoms with E-state index in [9.17, 15) is 9.59 Å². The Bertz CT molecular complexity index is 848. The van der Waals surface area contributed by atoms with Gasteiger partial charge < -0.3 is 19.7 Å². The number of nitrogens with zero attached hydrogens (tertiary/aromatic N) is 2. The van der Waals surface area contributed by atoms with Crippen molar-refractivity contribution in [3.8, 4) is 11.5 Å². The molecule has 7 heteroatoms. The van der Waals surface area contributed by atoms with Crippen molar-refractivity contribution < 1.29 is 19.1 Å². The lowest BCUT2D eigenvalue weighted by molar-refractivity contribution is -0.134. The lowest BCUT2D eigenvalue weighted by Gasteiger charge is -2.31. The fourth-order valence-corrected chi connectivity index (χ4v) is 3.58. The van der Waals surface area contributed by atoms with E-state index in [4.69, 9.17) is 9.47 Å². The third-order valence-corrected chi connectivity index (χ3v) is 5.23. The highest BCUT2D eigenvalue weighted by molar-refractivity contribution is 5.92. The molecule has 0 saturated carbocycles. The van der Waals surface area contributed by atoms with Crippen LogP contribution in [0.1, 0.15) is 24.8 Å². The number of benzene rings is 1. The lowest BCUT2D eigenvalue weighted by Crippen LogP contribution is -2.41. The number of carbonyl (C=O) groups is 2. The molecule has 146 valence electrons. The summed E-state index contributed by atoms with van der Waals surface area (Å²) in [6.07, 6.45) is 5.79. The topological polar surface area (TPSA) is 80.8 Å². The maximum absolute atomic E-state index is 12.5. The molecule has 0 spiro atoms. The van der Waals surface area contributed by atoms with Gasteiger partial charge in [0.05, 0.1) is 0 Å². The first-order valence-electron chi connectivity index (χ1n) is 9.56. The average Bonchev–Trinajstić information content (AvgIpc) is 3.21. The molecule has 28 heavy (non-hydrogen) atoms. The van der Waals surface area contributed by atoms with Gasteiger partial charge in [-0.3, -0.25) is 14.6 Å². The predicted octanol–water partition coefficient (Wildman–Crippen LogP) is 2.62. The molecule has 0 bridgehead atoms. The maximum atomic E-state index is 12.5. The van der Waals surface area contributed by atoms with E-state index in [2.05, 4.69) is 10.3 Å². The Balaban J connectivity index is 1.23. The van der Waals surface area contributed by atoms with Crippen LogP contribution in [0, 0.1) is 5.92 Å². The Hall–Kier alpha value is -3.09. The van der Waals surface area contributed by atoms with Crippen LogP contribution < -0.4 is 14.8 Å². The molecule has 0 radical (unpaired) electrons. The van der Waals surface area contributed by atoms with Crippen molar-refractivity contribution in [3.63, 3.8) is 0 Å². The average molecular weight is 381 g/mol. The lowest BCUT2D eigenvalue weighted by atomic mass is 9.95. The van der Waals surface area contributed by atoms with E-state index in [0.717, 1.165) is 22.7 Å². The minimum absolute atomic E-state index is 0.0126. The number of carbonyl (C=O) groups excluding carboxylic acids is 2. The van der Waals surface area contributed by atoms with Crippen molar-refractivity contribution in [1.82, 2.24) is 9.88 Å². The Morgan fingerprint density at radius 3 is 2.61 bits per heavy atom. The Kier molecular flexibility index (Phi) is 5.41. The van der Waals surface area contributed by atoms with E-state index >= 15 is 0 Å². The summed E-state index contributed by atoms with van der Waals surface area (Å²) in [4.78, 5) is 30.7. The second-order valence-corrected chi connectivity index (χ2v) is 7.07. The van der Waals surface area contributed by atoms with Crippen LogP contribution in [0.5, 0.6) is 11.5 Å². The number of anilines is 1. The third-order valence-electron chi connectivity index (χ3n) is 5.23. The van der Waals surface area contributed by atoms with Gasteiger partial charge in [0.1, 0.15) is 0 Å². The number of rotatable bonds is 5. The summed E-state index contributed by atoms with van der Waals surface area (Å²) in [6.45, 7) is 1.49. The Labute approximate surface area is 163 Å². The number of aromatic nitrogens is 1. The van der Waals surface area contributed by atoms with Crippen LogP contribution in [0.4, 0.5) is 5.69 Å². The number of pyridine rings is 1. The number of aryl methyl sites for hydroxylation is 1. The van der Waals surface area contributed by atoms with Gasteiger partial charge in [0.15, 0.2) is 11.5 Å². The first kappa shape index (κ1) is 18.3. The molecule has 2 aromatic rings. The zero-order valence-corrected chi connectivity index (χ0v) is 15.6. The van der Waals surface area contributed by atoms with E-state index in [0.29, 0.717) is 38.8 Å². The standard InChI is InChI=1S/C21H23N3O4/c25-20(4-2-15-1-3-18-19(13-15)28-14-27-18)24-11-7-16(8-12-24)21(26)23-17-5-9-22-10-6-17/h1,3,5-6,9-10,13,16H,2,4,7-8,11-12,14H2,(H,22,23,26). The summed E-state index contributed by atoms with van der Waals surface area (Å²) in [6, 6.07) is 9.33. The molecule has 2 amide bonds. The second kappa shape index (κ2) is 8.29. The molecule has 0 atom stereocenters. The van der Waals surface area contributed by atoms with Crippen molar-refractivity contribution in [3.05, 3.63) is 48.3 Å². The highest BCUT2D eigenvalue weighted by atomic mass is 16.7. The van der Waals surface area contributed by atoms with Gasteiger partial charge in [-0.05, 0) is 49.1 Å². The molecule has 1 N–H and O–H groups in total. The number of ether oxygens (including phenoxy) is 2. The van der Waals surface area contributed by atoms with E-state index in [1.54, 1.807) is 24.5 Å². The van der Waals surface area contributed by atoms with Crippen LogP contribution >= 0.6 is 0 Å². The van der Waals surface area contributed by atoms with Crippen molar-refractivity contribution in [2.45, 2.75) is 25.7 Å². The first-order chi connectivity index (χ1) is 13.7. The Morgan fingerprint density at radius 1 is 1.07 bits per heavy atom. The number of hydrogen-bond acceptors (Lipinski definition) is 5. The number of nitrogens with one attached hydrogen (secondary N) is 1. The molecule has 2 aliphatic rings. The summed E-state index contributed by atoms with van der Waals surface area (Å²) < 4.78 is 10.7. The van der Waals surface area contributed by atoms with Crippen molar-refractivity contribution in [1.29, 1.82) is 0 Å². The zero-order valence-electron chi connectivity index (χ0n) is 15.6. The fourth-order valence-electron chi connectivity index (χ4n) is 3.58. The van der Waals surface area contributed by atoms with Crippen molar-refractivity contribution in [2.75, 3.05) is 25.2 Å². The van der Waals surface area contributed by atoms with Crippen molar-refractivity contribution in [2.24, 2.45) is 5.92 Å². The van der Waals surface area contributed by atoms with Gasteiger partial charge in [0, 0.05) is 43.5 Å². The highest BCUT2D eigenvalue weighted by Gasteiger charge is 2.27. The summed E-state index contributed by atoms with van der Waals surface area (Å²) in [5.74, 6) is 1.57. The number of amides is 2. The monoisotopic (exact) mass is 381 g/mol. The summed E-state index contributed by atoms with van der Waals surface area (Å²) in [7, 11) is 0. The highest BCUT2D eigenvalue weighted by Crippen LogP contribution is 2.32. The second-order valence-electron chi connectivity index (χ2n) is 7.07. The van der Waals surface area contributed by atoms with Crippen LogP contribution in [-0.2, 0) is 16.0 Å². The molecule has 1 saturated heterocycles. The predicted molar refractivity (Wildman–Crippen MR) is 103 cm³/mol. The first-order valence-corrected chi connectivity index (χ1v) is 9.56. The molecule has 1 aromatic heterocycles. The van der Waals surface area contributed by atoms with Gasteiger partial charge in [-0.15, -0.1) is 0 Å². The van der Waals surface area contributed by atoms with E-state index < -0.39 is 0 Å². The quantitative estimate of drug-likeness (QED) is 0.861. The van der Waals surface area contributed by atoms with E-state index in [1.165, 1.54) is 0 Å². The van der Waals surface area contributed by atoms with Crippen LogP contribution in [-0.4, -0.2) is 41.6 Å². The molecular weight excluding hydrogens is 358 g/mol. The molecule has 1 fully saturated rings. The van der Waals surface area contributed by atoms with Gasteiger partial charge in [-0.1, -0.05) is 6.07 Å². The minimum Gasteiger partial charge on any atom is -0.454 e. The van der Waals surface area contributed by atoms with Crippen LogP contribution in [0.15, 0.2) is 42.7 Å². The normalized spacial score (nSPS) is 16.1. The number of hydrogen-bond donors (Lipinski definition) is 1. The number of fused-ring (bicyclic) bond motifs is 1. The van der Waals surface area contributed by atoms with Gasteiger partial charge >= 0.3 is 0 Å². The van der Waals surface area contributed by atoms with Crippen LogP contribution in [0.2, 0.25) is 0 Å². The molecule has 2 aliphatic heterocycles. The molecule has 0 aliphatic carbocycles. The summed E-state index contributed by atoms with van der Waals surface area (Å²) >= 11 is 0. The van der Waals surface area contributed by atoms with Gasteiger partial charge in [-0.2, -0.15) is 0 Å². The molecule has 4 rings (SSSR count). The largest absolute Gasteiger partial charge is 0.454 e.